The maximum atomic E-state index is 12.2. The number of nitrogens with zero attached hydrogens (tertiary/aromatic N) is 3. The lowest BCUT2D eigenvalue weighted by atomic mass is 9.83. The van der Waals surface area contributed by atoms with E-state index in [9.17, 15) is 4.79 Å². The van der Waals surface area contributed by atoms with Gasteiger partial charge >= 0.3 is 5.97 Å². The van der Waals surface area contributed by atoms with E-state index < -0.39 is 5.54 Å². The zero-order chi connectivity index (χ0) is 15.0. The second kappa shape index (κ2) is 5.28. The first kappa shape index (κ1) is 13.6. The maximum Gasteiger partial charge on any atom is 0.340 e. The van der Waals surface area contributed by atoms with E-state index in [1.54, 1.807) is 12.4 Å². The van der Waals surface area contributed by atoms with Gasteiger partial charge in [-0.1, -0.05) is 19.3 Å². The van der Waals surface area contributed by atoms with Crippen LogP contribution in [0.2, 0.25) is 0 Å². The molecule has 112 valence electrons. The number of cyclic esters (lactones) is 1. The number of aliphatic imine (C=N–C) groups is 1. The first-order valence-electron chi connectivity index (χ1n) is 7.45. The summed E-state index contributed by atoms with van der Waals surface area (Å²) in [7, 11) is 0. The number of esters is 1. The van der Waals surface area contributed by atoms with Gasteiger partial charge in [-0.25, -0.2) is 14.8 Å². The van der Waals surface area contributed by atoms with E-state index in [0.29, 0.717) is 11.6 Å². The van der Waals surface area contributed by atoms with Crippen molar-refractivity contribution in [3.63, 3.8) is 0 Å². The third-order valence-electron chi connectivity index (χ3n) is 4.22. The van der Waals surface area contributed by atoms with Gasteiger partial charge in [0.1, 0.15) is 10.7 Å². The number of carbonyl (C=O) groups is 1. The minimum absolute atomic E-state index is 0.208. The average molecular weight is 313 g/mol. The molecule has 2 aromatic rings. The van der Waals surface area contributed by atoms with Crippen LogP contribution >= 0.6 is 11.3 Å². The highest BCUT2D eigenvalue weighted by molar-refractivity contribution is 7.13. The summed E-state index contributed by atoms with van der Waals surface area (Å²) >= 11 is 1.51. The molecule has 0 radical (unpaired) electrons. The Balaban J connectivity index is 1.64. The molecule has 6 heteroatoms. The summed E-state index contributed by atoms with van der Waals surface area (Å²) in [5, 5.41) is 2.77. The lowest BCUT2D eigenvalue weighted by molar-refractivity contribution is -0.140. The number of thiazole rings is 1. The van der Waals surface area contributed by atoms with Crippen LogP contribution in [-0.2, 0) is 9.53 Å². The van der Waals surface area contributed by atoms with Crippen molar-refractivity contribution < 1.29 is 9.53 Å². The summed E-state index contributed by atoms with van der Waals surface area (Å²) in [4.78, 5) is 25.4. The number of hydrogen-bond donors (Lipinski definition) is 0. The standard InChI is InChI=1S/C16H15N3O2S/c20-15-16(6-2-1-3-7-16)19-13(21-15)12-10-22-14(18-12)11-4-8-17-9-5-11/h4-5,8-10H,1-3,6-7H2. The largest absolute Gasteiger partial charge is 0.404 e. The molecular formula is C16H15N3O2S. The van der Waals surface area contributed by atoms with Gasteiger partial charge in [0, 0.05) is 23.3 Å². The summed E-state index contributed by atoms with van der Waals surface area (Å²) in [6.45, 7) is 0. The van der Waals surface area contributed by atoms with E-state index in [1.807, 2.05) is 17.5 Å². The number of pyridine rings is 1. The van der Waals surface area contributed by atoms with Crippen LogP contribution in [0, 0.1) is 0 Å². The van der Waals surface area contributed by atoms with Crippen LogP contribution in [0.4, 0.5) is 0 Å². The molecule has 0 aromatic carbocycles. The lowest BCUT2D eigenvalue weighted by Crippen LogP contribution is -2.35. The fourth-order valence-electron chi connectivity index (χ4n) is 3.01. The first-order chi connectivity index (χ1) is 10.8. The predicted octanol–water partition coefficient (Wildman–Crippen LogP) is 3.21. The topological polar surface area (TPSA) is 64.4 Å². The smallest absolute Gasteiger partial charge is 0.340 e. The quantitative estimate of drug-likeness (QED) is 0.799. The molecule has 5 nitrogen and oxygen atoms in total. The van der Waals surface area contributed by atoms with Gasteiger partial charge in [0.05, 0.1) is 0 Å². The second-order valence-corrected chi connectivity index (χ2v) is 6.53. The van der Waals surface area contributed by atoms with Crippen molar-refractivity contribution in [1.82, 2.24) is 9.97 Å². The Bertz CT molecular complexity index is 733. The van der Waals surface area contributed by atoms with E-state index in [-0.39, 0.29) is 5.97 Å². The van der Waals surface area contributed by atoms with Crippen molar-refractivity contribution in [2.24, 2.45) is 4.99 Å². The van der Waals surface area contributed by atoms with Crippen LogP contribution in [-0.4, -0.2) is 27.4 Å². The zero-order valence-corrected chi connectivity index (χ0v) is 12.8. The van der Waals surface area contributed by atoms with Gasteiger partial charge in [0.2, 0.25) is 5.90 Å². The minimum atomic E-state index is -0.645. The second-order valence-electron chi connectivity index (χ2n) is 5.67. The van der Waals surface area contributed by atoms with Crippen molar-refractivity contribution in [1.29, 1.82) is 0 Å². The monoisotopic (exact) mass is 313 g/mol. The predicted molar refractivity (Wildman–Crippen MR) is 83.8 cm³/mol. The van der Waals surface area contributed by atoms with Gasteiger partial charge in [0.25, 0.3) is 0 Å². The van der Waals surface area contributed by atoms with Crippen LogP contribution in [0.15, 0.2) is 34.9 Å². The molecule has 2 aliphatic rings. The Morgan fingerprint density at radius 1 is 1.14 bits per heavy atom. The van der Waals surface area contributed by atoms with Crippen LogP contribution in [0.25, 0.3) is 10.6 Å². The highest BCUT2D eigenvalue weighted by atomic mass is 32.1. The number of rotatable bonds is 2. The van der Waals surface area contributed by atoms with Gasteiger partial charge in [-0.05, 0) is 25.0 Å². The molecule has 0 N–H and O–H groups in total. The average Bonchev–Trinajstić information content (AvgIpc) is 3.16. The molecule has 1 fully saturated rings. The van der Waals surface area contributed by atoms with Crippen LogP contribution in [0.3, 0.4) is 0 Å². The molecular weight excluding hydrogens is 298 g/mol. The highest BCUT2D eigenvalue weighted by Crippen LogP contribution is 2.37. The van der Waals surface area contributed by atoms with Crippen molar-refractivity contribution in [3.05, 3.63) is 35.6 Å². The van der Waals surface area contributed by atoms with E-state index in [0.717, 1.165) is 36.3 Å². The number of carbonyl (C=O) groups excluding carboxylic acids is 1. The molecule has 1 aliphatic carbocycles. The van der Waals surface area contributed by atoms with Crippen LogP contribution in [0.5, 0.6) is 0 Å². The zero-order valence-electron chi connectivity index (χ0n) is 12.0. The normalized spacial score (nSPS) is 20.0. The van der Waals surface area contributed by atoms with Crippen molar-refractivity contribution in [2.75, 3.05) is 0 Å². The molecule has 2 aromatic heterocycles. The van der Waals surface area contributed by atoms with Gasteiger partial charge in [0.15, 0.2) is 5.54 Å². The minimum Gasteiger partial charge on any atom is -0.404 e. The van der Waals surface area contributed by atoms with Crippen molar-refractivity contribution >= 4 is 23.2 Å². The Hall–Kier alpha value is -2.08. The van der Waals surface area contributed by atoms with Gasteiger partial charge in [-0.3, -0.25) is 4.98 Å². The molecule has 0 saturated heterocycles. The summed E-state index contributed by atoms with van der Waals surface area (Å²) in [5.41, 5.74) is 1.00. The molecule has 0 atom stereocenters. The fourth-order valence-corrected chi connectivity index (χ4v) is 3.81. The summed E-state index contributed by atoms with van der Waals surface area (Å²) < 4.78 is 5.43. The summed E-state index contributed by atoms with van der Waals surface area (Å²) in [6.07, 6.45) is 8.29. The summed E-state index contributed by atoms with van der Waals surface area (Å²) in [5.74, 6) is 0.170. The van der Waals surface area contributed by atoms with E-state index in [1.165, 1.54) is 17.8 Å². The van der Waals surface area contributed by atoms with Crippen LogP contribution in [0.1, 0.15) is 37.8 Å². The number of aromatic nitrogens is 2. The van der Waals surface area contributed by atoms with Gasteiger partial charge in [-0.2, -0.15) is 0 Å². The Morgan fingerprint density at radius 2 is 1.91 bits per heavy atom. The van der Waals surface area contributed by atoms with Crippen molar-refractivity contribution in [2.45, 2.75) is 37.6 Å². The Morgan fingerprint density at radius 3 is 2.68 bits per heavy atom. The SMILES string of the molecule is O=C1OC(c2csc(-c3ccncc3)n2)=NC12CCCCC2. The van der Waals surface area contributed by atoms with Gasteiger partial charge in [-0.15, -0.1) is 11.3 Å². The molecule has 4 rings (SSSR count). The molecule has 0 amide bonds. The number of ether oxygens (including phenoxy) is 1. The van der Waals surface area contributed by atoms with E-state index >= 15 is 0 Å². The molecule has 3 heterocycles. The third kappa shape index (κ3) is 2.23. The van der Waals surface area contributed by atoms with E-state index in [2.05, 4.69) is 15.0 Å². The fraction of sp³-hybridized carbons (Fsp3) is 0.375. The maximum absolute atomic E-state index is 12.2. The molecule has 22 heavy (non-hydrogen) atoms. The van der Waals surface area contributed by atoms with Crippen LogP contribution < -0.4 is 0 Å². The Kier molecular flexibility index (Phi) is 3.26. The highest BCUT2D eigenvalue weighted by Gasteiger charge is 2.47. The third-order valence-corrected chi connectivity index (χ3v) is 5.11. The summed E-state index contributed by atoms with van der Waals surface area (Å²) in [6, 6.07) is 3.82. The lowest BCUT2D eigenvalue weighted by Gasteiger charge is -2.25. The number of hydrogen-bond acceptors (Lipinski definition) is 6. The van der Waals surface area contributed by atoms with E-state index in [4.69, 9.17) is 4.74 Å². The first-order valence-corrected chi connectivity index (χ1v) is 8.33. The van der Waals surface area contributed by atoms with Gasteiger partial charge < -0.3 is 4.74 Å². The molecule has 1 saturated carbocycles. The van der Waals surface area contributed by atoms with Crippen molar-refractivity contribution in [3.8, 4) is 10.6 Å². The molecule has 1 spiro atoms. The molecule has 1 aliphatic heterocycles. The molecule has 0 bridgehead atoms. The Labute approximate surface area is 132 Å². The molecule has 0 unspecified atom stereocenters.